The summed E-state index contributed by atoms with van der Waals surface area (Å²) in [5, 5.41) is 14.4. The van der Waals surface area contributed by atoms with Gasteiger partial charge < -0.3 is 5.11 Å². The SMILES string of the molecule is CCN(Cc1ccccc1)S(=O)(=O)c1[nH]ncc1C(=O)O. The number of nitrogens with one attached hydrogen (secondary N) is 1. The molecule has 1 aromatic heterocycles. The molecule has 0 spiro atoms. The number of hydrogen-bond donors (Lipinski definition) is 2. The lowest BCUT2D eigenvalue weighted by Crippen LogP contribution is -2.31. The second-order valence-corrected chi connectivity index (χ2v) is 6.21. The quantitative estimate of drug-likeness (QED) is 0.837. The van der Waals surface area contributed by atoms with E-state index in [0.29, 0.717) is 0 Å². The maximum Gasteiger partial charge on any atom is 0.340 e. The number of aromatic carboxylic acids is 1. The fraction of sp³-hybridized carbons (Fsp3) is 0.231. The first-order valence-electron chi connectivity index (χ1n) is 6.27. The summed E-state index contributed by atoms with van der Waals surface area (Å²) < 4.78 is 26.3. The highest BCUT2D eigenvalue weighted by Crippen LogP contribution is 2.19. The van der Waals surface area contributed by atoms with Crippen LogP contribution >= 0.6 is 0 Å². The summed E-state index contributed by atoms with van der Waals surface area (Å²) in [5.74, 6) is -1.34. The summed E-state index contributed by atoms with van der Waals surface area (Å²) in [7, 11) is -3.95. The van der Waals surface area contributed by atoms with Crippen LogP contribution in [0.1, 0.15) is 22.8 Å². The monoisotopic (exact) mass is 309 g/mol. The third-order valence-corrected chi connectivity index (χ3v) is 4.88. The minimum absolute atomic E-state index is 0.164. The first-order chi connectivity index (χ1) is 9.96. The summed E-state index contributed by atoms with van der Waals surface area (Å²) >= 11 is 0. The van der Waals surface area contributed by atoms with E-state index in [1.54, 1.807) is 6.92 Å². The highest BCUT2D eigenvalue weighted by atomic mass is 32.2. The van der Waals surface area contributed by atoms with Gasteiger partial charge in [-0.05, 0) is 5.56 Å². The summed E-state index contributed by atoms with van der Waals surface area (Å²) in [6.07, 6.45) is 0.992. The van der Waals surface area contributed by atoms with Crippen LogP contribution in [0, 0.1) is 0 Å². The van der Waals surface area contributed by atoms with E-state index in [1.165, 1.54) is 4.31 Å². The second kappa shape index (κ2) is 6.06. The fourth-order valence-electron chi connectivity index (χ4n) is 1.91. The Morgan fingerprint density at radius 3 is 2.57 bits per heavy atom. The van der Waals surface area contributed by atoms with Crippen LogP contribution in [-0.4, -0.2) is 40.5 Å². The molecule has 2 aromatic rings. The van der Waals surface area contributed by atoms with Crippen molar-refractivity contribution in [1.82, 2.24) is 14.5 Å². The lowest BCUT2D eigenvalue weighted by atomic mass is 10.2. The third-order valence-electron chi connectivity index (χ3n) is 2.99. The summed E-state index contributed by atoms with van der Waals surface area (Å²) in [4.78, 5) is 11.1. The molecule has 0 atom stereocenters. The van der Waals surface area contributed by atoms with Gasteiger partial charge in [0.2, 0.25) is 0 Å². The first kappa shape index (κ1) is 15.2. The van der Waals surface area contributed by atoms with Crippen molar-refractivity contribution in [3.05, 3.63) is 47.7 Å². The number of carboxylic acid groups (broad SMARTS) is 1. The van der Waals surface area contributed by atoms with Crippen molar-refractivity contribution < 1.29 is 18.3 Å². The van der Waals surface area contributed by atoms with Gasteiger partial charge in [-0.2, -0.15) is 9.40 Å². The van der Waals surface area contributed by atoms with E-state index in [9.17, 15) is 13.2 Å². The molecular weight excluding hydrogens is 294 g/mol. The third kappa shape index (κ3) is 3.11. The molecule has 0 bridgehead atoms. The Morgan fingerprint density at radius 2 is 2.00 bits per heavy atom. The maximum atomic E-state index is 12.5. The predicted molar refractivity (Wildman–Crippen MR) is 75.3 cm³/mol. The van der Waals surface area contributed by atoms with Gasteiger partial charge in [0.25, 0.3) is 10.0 Å². The zero-order chi connectivity index (χ0) is 15.5. The molecule has 21 heavy (non-hydrogen) atoms. The number of nitrogens with zero attached hydrogens (tertiary/aromatic N) is 2. The number of aromatic nitrogens is 2. The Hall–Kier alpha value is -2.19. The predicted octanol–water partition coefficient (Wildman–Crippen LogP) is 1.32. The van der Waals surface area contributed by atoms with Crippen LogP contribution in [0.5, 0.6) is 0 Å². The number of benzene rings is 1. The smallest absolute Gasteiger partial charge is 0.340 e. The van der Waals surface area contributed by atoms with Gasteiger partial charge >= 0.3 is 5.97 Å². The molecule has 7 nitrogen and oxygen atoms in total. The minimum atomic E-state index is -3.95. The van der Waals surface area contributed by atoms with Crippen LogP contribution in [0.4, 0.5) is 0 Å². The van der Waals surface area contributed by atoms with E-state index in [-0.39, 0.29) is 18.7 Å². The van der Waals surface area contributed by atoms with Crippen molar-refractivity contribution in [3.63, 3.8) is 0 Å². The number of rotatable bonds is 6. The normalized spacial score (nSPS) is 11.7. The molecule has 0 amide bonds. The number of sulfonamides is 1. The van der Waals surface area contributed by atoms with Crippen molar-refractivity contribution >= 4 is 16.0 Å². The van der Waals surface area contributed by atoms with E-state index in [4.69, 9.17) is 5.11 Å². The zero-order valence-electron chi connectivity index (χ0n) is 11.4. The van der Waals surface area contributed by atoms with Crippen LogP contribution in [0.3, 0.4) is 0 Å². The molecule has 2 N–H and O–H groups in total. The molecule has 0 aliphatic carbocycles. The molecule has 0 saturated carbocycles. The summed E-state index contributed by atoms with van der Waals surface area (Å²) in [6.45, 7) is 2.07. The number of H-pyrrole nitrogens is 1. The van der Waals surface area contributed by atoms with E-state index in [2.05, 4.69) is 10.2 Å². The highest BCUT2D eigenvalue weighted by Gasteiger charge is 2.30. The van der Waals surface area contributed by atoms with Gasteiger partial charge in [-0.15, -0.1) is 0 Å². The van der Waals surface area contributed by atoms with Gasteiger partial charge in [0.15, 0.2) is 5.03 Å². The standard InChI is InChI=1S/C13H15N3O4S/c1-2-16(9-10-6-4-3-5-7-10)21(19,20)12-11(13(17)18)8-14-15-12/h3-8H,2,9H2,1H3,(H,14,15)(H,17,18). The van der Waals surface area contributed by atoms with Crippen LogP contribution in [0.15, 0.2) is 41.6 Å². The molecular formula is C13H15N3O4S. The second-order valence-electron chi connectivity index (χ2n) is 4.33. The lowest BCUT2D eigenvalue weighted by molar-refractivity contribution is 0.0692. The Kier molecular flexibility index (Phi) is 4.39. The average Bonchev–Trinajstić information content (AvgIpc) is 2.96. The molecule has 0 radical (unpaired) electrons. The Balaban J connectivity index is 2.36. The number of carboxylic acids is 1. The minimum Gasteiger partial charge on any atom is -0.478 e. The summed E-state index contributed by atoms with van der Waals surface area (Å²) in [6, 6.07) is 9.08. The Bertz CT molecular complexity index is 725. The van der Waals surface area contributed by atoms with Gasteiger partial charge in [-0.1, -0.05) is 37.3 Å². The molecule has 112 valence electrons. The van der Waals surface area contributed by atoms with Crippen LogP contribution in [0.25, 0.3) is 0 Å². The van der Waals surface area contributed by atoms with Gasteiger partial charge in [0, 0.05) is 13.1 Å². The van der Waals surface area contributed by atoms with Gasteiger partial charge in [-0.3, -0.25) is 5.10 Å². The van der Waals surface area contributed by atoms with Crippen LogP contribution < -0.4 is 0 Å². The largest absolute Gasteiger partial charge is 0.478 e. The molecule has 0 aliphatic heterocycles. The van der Waals surface area contributed by atoms with Crippen molar-refractivity contribution in [1.29, 1.82) is 0 Å². The molecule has 0 aliphatic rings. The van der Waals surface area contributed by atoms with Gasteiger partial charge in [0.05, 0.1) is 6.20 Å². The van der Waals surface area contributed by atoms with Crippen molar-refractivity contribution in [2.75, 3.05) is 6.54 Å². The van der Waals surface area contributed by atoms with E-state index < -0.39 is 21.0 Å². The van der Waals surface area contributed by atoms with Crippen LogP contribution in [0.2, 0.25) is 0 Å². The molecule has 0 unspecified atom stereocenters. The molecule has 2 rings (SSSR count). The molecule has 1 heterocycles. The Morgan fingerprint density at radius 1 is 1.33 bits per heavy atom. The van der Waals surface area contributed by atoms with Crippen molar-refractivity contribution in [2.24, 2.45) is 0 Å². The van der Waals surface area contributed by atoms with Crippen LogP contribution in [-0.2, 0) is 16.6 Å². The molecule has 0 saturated heterocycles. The zero-order valence-corrected chi connectivity index (χ0v) is 12.2. The first-order valence-corrected chi connectivity index (χ1v) is 7.71. The van der Waals surface area contributed by atoms with Crippen molar-refractivity contribution in [2.45, 2.75) is 18.5 Å². The molecule has 8 heteroatoms. The maximum absolute atomic E-state index is 12.5. The summed E-state index contributed by atoms with van der Waals surface area (Å²) in [5.41, 5.74) is 0.459. The van der Waals surface area contributed by atoms with Crippen molar-refractivity contribution in [3.8, 4) is 0 Å². The number of hydrogen-bond acceptors (Lipinski definition) is 4. The highest BCUT2D eigenvalue weighted by molar-refractivity contribution is 7.89. The Labute approximate surface area is 122 Å². The van der Waals surface area contributed by atoms with E-state index >= 15 is 0 Å². The van der Waals surface area contributed by atoms with Gasteiger partial charge in [-0.25, -0.2) is 13.2 Å². The average molecular weight is 309 g/mol. The fourth-order valence-corrected chi connectivity index (χ4v) is 3.41. The topological polar surface area (TPSA) is 103 Å². The van der Waals surface area contributed by atoms with E-state index in [1.807, 2.05) is 30.3 Å². The molecule has 1 aromatic carbocycles. The lowest BCUT2D eigenvalue weighted by Gasteiger charge is -2.19. The number of aromatic amines is 1. The number of carbonyl (C=O) groups is 1. The molecule has 0 fully saturated rings. The van der Waals surface area contributed by atoms with E-state index in [0.717, 1.165) is 11.8 Å². The van der Waals surface area contributed by atoms with Gasteiger partial charge in [0.1, 0.15) is 5.56 Å².